The lowest BCUT2D eigenvalue weighted by atomic mass is 10.2. The summed E-state index contributed by atoms with van der Waals surface area (Å²) in [4.78, 5) is 4.26. The first-order valence-corrected chi connectivity index (χ1v) is 5.77. The molecule has 0 aliphatic carbocycles. The number of hydrogen-bond acceptors (Lipinski definition) is 1. The average Bonchev–Trinajstić information content (AvgIpc) is 2.35. The third-order valence-corrected chi connectivity index (χ3v) is 2.85. The van der Waals surface area contributed by atoms with Gasteiger partial charge in [-0.3, -0.25) is 0 Å². The number of halogens is 2. The van der Waals surface area contributed by atoms with Crippen LogP contribution >= 0.6 is 23.2 Å². The zero-order valence-electron chi connectivity index (χ0n) is 8.90. The van der Waals surface area contributed by atoms with Crippen LogP contribution in [-0.2, 0) is 0 Å². The van der Waals surface area contributed by atoms with E-state index < -0.39 is 0 Å². The highest BCUT2D eigenvalue weighted by atomic mass is 35.5. The molecule has 2 N–H and O–H groups in total. The maximum absolute atomic E-state index is 6.01. The van der Waals surface area contributed by atoms with Gasteiger partial charge in [0.05, 0.1) is 10.0 Å². The van der Waals surface area contributed by atoms with Gasteiger partial charge in [-0.1, -0.05) is 59.6 Å². The molecule has 0 aliphatic heterocycles. The molecule has 0 unspecified atom stereocenters. The average molecular weight is 265 g/mol. The molecule has 0 saturated carbocycles. The Kier molecular flexibility index (Phi) is 3.67. The smallest absolute Gasteiger partial charge is 0.131 e. The molecule has 17 heavy (non-hydrogen) atoms. The van der Waals surface area contributed by atoms with Crippen molar-refractivity contribution in [3.8, 4) is 0 Å². The number of amidine groups is 1. The van der Waals surface area contributed by atoms with Gasteiger partial charge in [-0.15, -0.1) is 0 Å². The number of para-hydroxylation sites is 1. The van der Waals surface area contributed by atoms with Crippen LogP contribution in [0.25, 0.3) is 0 Å². The first kappa shape index (κ1) is 12.0. The molecule has 2 nitrogen and oxygen atoms in total. The molecule has 4 heteroatoms. The summed E-state index contributed by atoms with van der Waals surface area (Å²) in [6.07, 6.45) is 0. The Morgan fingerprint density at radius 1 is 0.882 bits per heavy atom. The molecule has 0 heterocycles. The van der Waals surface area contributed by atoms with Crippen LogP contribution in [0, 0.1) is 0 Å². The second kappa shape index (κ2) is 5.21. The van der Waals surface area contributed by atoms with Gasteiger partial charge in [0.15, 0.2) is 0 Å². The van der Waals surface area contributed by atoms with Crippen molar-refractivity contribution in [1.29, 1.82) is 0 Å². The lowest BCUT2D eigenvalue weighted by molar-refractivity contribution is 1.45. The monoisotopic (exact) mass is 264 g/mol. The highest BCUT2D eigenvalue weighted by Gasteiger charge is 2.05. The summed E-state index contributed by atoms with van der Waals surface area (Å²) in [5.74, 6) is 0.389. The van der Waals surface area contributed by atoms with E-state index in [0.717, 1.165) is 5.56 Å². The van der Waals surface area contributed by atoms with Crippen LogP contribution in [0.5, 0.6) is 0 Å². The summed E-state index contributed by atoms with van der Waals surface area (Å²) < 4.78 is 0. The fourth-order valence-electron chi connectivity index (χ4n) is 1.39. The Hall–Kier alpha value is -1.51. The van der Waals surface area contributed by atoms with E-state index in [4.69, 9.17) is 28.9 Å². The fraction of sp³-hybridized carbons (Fsp3) is 0. The molecule has 2 rings (SSSR count). The maximum atomic E-state index is 6.01. The fourth-order valence-corrected chi connectivity index (χ4v) is 1.87. The Balaban J connectivity index is 2.43. The van der Waals surface area contributed by atoms with Gasteiger partial charge in [0.2, 0.25) is 0 Å². The highest BCUT2D eigenvalue weighted by Crippen LogP contribution is 2.32. The molecule has 0 atom stereocenters. The van der Waals surface area contributed by atoms with Crippen molar-refractivity contribution < 1.29 is 0 Å². The molecule has 86 valence electrons. The maximum Gasteiger partial charge on any atom is 0.131 e. The predicted molar refractivity (Wildman–Crippen MR) is 73.3 cm³/mol. The molecule has 0 aliphatic rings. The van der Waals surface area contributed by atoms with Crippen molar-refractivity contribution in [1.82, 2.24) is 0 Å². The summed E-state index contributed by atoms with van der Waals surface area (Å²) in [5.41, 5.74) is 7.23. The van der Waals surface area contributed by atoms with Gasteiger partial charge in [-0.25, -0.2) is 4.99 Å². The van der Waals surface area contributed by atoms with Crippen molar-refractivity contribution in [2.45, 2.75) is 0 Å². The molecule has 0 saturated heterocycles. The van der Waals surface area contributed by atoms with E-state index >= 15 is 0 Å². The third kappa shape index (κ3) is 2.78. The minimum Gasteiger partial charge on any atom is -0.383 e. The molecule has 0 fully saturated rings. The molecule has 2 aromatic rings. The second-order valence-electron chi connectivity index (χ2n) is 3.43. The number of rotatable bonds is 2. The molecular formula is C13H10Cl2N2. The van der Waals surface area contributed by atoms with Crippen molar-refractivity contribution in [2.24, 2.45) is 10.7 Å². The van der Waals surface area contributed by atoms with Gasteiger partial charge >= 0.3 is 0 Å². The van der Waals surface area contributed by atoms with E-state index in [1.807, 2.05) is 30.3 Å². The Morgan fingerprint density at radius 3 is 2.06 bits per heavy atom. The largest absolute Gasteiger partial charge is 0.383 e. The lowest BCUT2D eigenvalue weighted by Crippen LogP contribution is -2.12. The minimum atomic E-state index is 0.389. The summed E-state index contributed by atoms with van der Waals surface area (Å²) in [5, 5.41) is 0.966. The van der Waals surface area contributed by atoms with Crippen LogP contribution in [0.1, 0.15) is 5.56 Å². The van der Waals surface area contributed by atoms with Crippen molar-refractivity contribution >= 4 is 34.7 Å². The van der Waals surface area contributed by atoms with Crippen LogP contribution in [0.2, 0.25) is 10.0 Å². The van der Waals surface area contributed by atoms with Crippen LogP contribution in [0.4, 0.5) is 5.69 Å². The summed E-state index contributed by atoms with van der Waals surface area (Å²) in [6, 6.07) is 14.7. The van der Waals surface area contributed by atoms with Gasteiger partial charge in [0.1, 0.15) is 11.5 Å². The third-order valence-electron chi connectivity index (χ3n) is 2.24. The number of nitrogens with zero attached hydrogens (tertiary/aromatic N) is 1. The summed E-state index contributed by atoms with van der Waals surface area (Å²) in [7, 11) is 0. The highest BCUT2D eigenvalue weighted by molar-refractivity contribution is 6.39. The SMILES string of the molecule is NC(=Nc1c(Cl)cccc1Cl)c1ccccc1. The lowest BCUT2D eigenvalue weighted by Gasteiger charge is -2.04. The van der Waals surface area contributed by atoms with Crippen LogP contribution in [-0.4, -0.2) is 5.84 Å². The normalized spacial score (nSPS) is 11.5. The molecular weight excluding hydrogens is 255 g/mol. The molecule has 0 spiro atoms. The summed E-state index contributed by atoms with van der Waals surface area (Å²) in [6.45, 7) is 0. The Labute approximate surface area is 110 Å². The Morgan fingerprint density at radius 2 is 1.47 bits per heavy atom. The number of benzene rings is 2. The standard InChI is InChI=1S/C13H10Cl2N2/c14-10-7-4-8-11(15)12(10)17-13(16)9-5-2-1-3-6-9/h1-8H,(H2,16,17). The first-order chi connectivity index (χ1) is 8.18. The van der Waals surface area contributed by atoms with E-state index in [-0.39, 0.29) is 0 Å². The summed E-state index contributed by atoms with van der Waals surface area (Å²) >= 11 is 12.0. The number of aliphatic imine (C=N–C) groups is 1. The molecule has 0 aromatic heterocycles. The molecule has 0 amide bonds. The van der Waals surface area contributed by atoms with Crippen LogP contribution < -0.4 is 5.73 Å². The number of nitrogens with two attached hydrogens (primary N) is 1. The first-order valence-electron chi connectivity index (χ1n) is 5.02. The molecule has 0 radical (unpaired) electrons. The van der Waals surface area contributed by atoms with Gasteiger partial charge in [-0.2, -0.15) is 0 Å². The van der Waals surface area contributed by atoms with Crippen molar-refractivity contribution in [3.63, 3.8) is 0 Å². The van der Waals surface area contributed by atoms with E-state index in [9.17, 15) is 0 Å². The Bertz CT molecular complexity index is 530. The van der Waals surface area contributed by atoms with E-state index in [1.165, 1.54) is 0 Å². The van der Waals surface area contributed by atoms with E-state index in [1.54, 1.807) is 18.2 Å². The number of hydrogen-bond donors (Lipinski definition) is 1. The van der Waals surface area contributed by atoms with Gasteiger partial charge in [0, 0.05) is 5.56 Å². The van der Waals surface area contributed by atoms with Gasteiger partial charge < -0.3 is 5.73 Å². The van der Waals surface area contributed by atoms with Crippen LogP contribution in [0.15, 0.2) is 53.5 Å². The quantitative estimate of drug-likeness (QED) is 0.646. The topological polar surface area (TPSA) is 38.4 Å². The predicted octanol–water partition coefficient (Wildman–Crippen LogP) is 4.03. The molecule has 2 aromatic carbocycles. The van der Waals surface area contributed by atoms with E-state index in [0.29, 0.717) is 21.6 Å². The zero-order chi connectivity index (χ0) is 12.3. The van der Waals surface area contributed by atoms with Gasteiger partial charge in [0.25, 0.3) is 0 Å². The van der Waals surface area contributed by atoms with Crippen LogP contribution in [0.3, 0.4) is 0 Å². The molecule has 0 bridgehead atoms. The second-order valence-corrected chi connectivity index (χ2v) is 4.25. The zero-order valence-corrected chi connectivity index (χ0v) is 10.4. The van der Waals surface area contributed by atoms with Crippen molar-refractivity contribution in [2.75, 3.05) is 0 Å². The van der Waals surface area contributed by atoms with Gasteiger partial charge in [-0.05, 0) is 12.1 Å². The van der Waals surface area contributed by atoms with E-state index in [2.05, 4.69) is 4.99 Å². The minimum absolute atomic E-state index is 0.389. The van der Waals surface area contributed by atoms with Crippen molar-refractivity contribution in [3.05, 3.63) is 64.1 Å².